The average molecular weight is 779 g/mol. The lowest BCUT2D eigenvalue weighted by molar-refractivity contribution is -0.137. The molecule has 2 N–H and O–H groups in total. The van der Waals surface area contributed by atoms with Crippen molar-refractivity contribution in [2.75, 3.05) is 17.3 Å². The van der Waals surface area contributed by atoms with Gasteiger partial charge in [0.2, 0.25) is 0 Å². The normalized spacial score (nSPS) is 12.8. The third-order valence-electron chi connectivity index (χ3n) is 7.35. The summed E-state index contributed by atoms with van der Waals surface area (Å²) in [7, 11) is 7.83. The van der Waals surface area contributed by atoms with Crippen LogP contribution in [-0.4, -0.2) is 49.7 Å². The van der Waals surface area contributed by atoms with E-state index < -0.39 is 11.4 Å². The Bertz CT molecular complexity index is 1240. The van der Waals surface area contributed by atoms with E-state index in [-0.39, 0.29) is 6.42 Å². The molecule has 0 aliphatic rings. The fourth-order valence-electron chi connectivity index (χ4n) is 4.68. The molecule has 49 heavy (non-hydrogen) atoms. The van der Waals surface area contributed by atoms with E-state index in [4.69, 9.17) is 5.11 Å². The van der Waals surface area contributed by atoms with Crippen LogP contribution in [-0.2, 0) is 15.3 Å². The van der Waals surface area contributed by atoms with Crippen molar-refractivity contribution < 1.29 is 19.8 Å². The van der Waals surface area contributed by atoms with E-state index in [9.17, 15) is 14.7 Å². The van der Waals surface area contributed by atoms with Crippen molar-refractivity contribution >= 4 is 78.5 Å². The average Bonchev–Trinajstić information content (AvgIpc) is 3.12. The number of carboxylic acids is 1. The third-order valence-corrected chi connectivity index (χ3v) is 15.3. The zero-order valence-electron chi connectivity index (χ0n) is 29.0. The monoisotopic (exact) mass is 778 g/mol. The summed E-state index contributed by atoms with van der Waals surface area (Å²) in [6, 6.07) is 30.8. The van der Waals surface area contributed by atoms with Gasteiger partial charge in [0.05, 0.1) is 0 Å². The molecule has 3 aromatic rings. The molecule has 3 unspecified atom stereocenters. The van der Waals surface area contributed by atoms with E-state index in [0.717, 1.165) is 62.0 Å². The lowest BCUT2D eigenvalue weighted by Gasteiger charge is -2.18. The van der Waals surface area contributed by atoms with E-state index in [1.165, 1.54) is 34.8 Å². The molecular weight excluding hydrogens is 725 g/mol. The number of hydrogen-bond donors (Lipinski definition) is 2. The number of aliphatic carboxylic acids is 1. The van der Waals surface area contributed by atoms with Gasteiger partial charge in [0.15, 0.2) is 0 Å². The summed E-state index contributed by atoms with van der Waals surface area (Å²) in [4.78, 5) is 23.1. The predicted octanol–water partition coefficient (Wildman–Crippen LogP) is 12.5. The van der Waals surface area contributed by atoms with Crippen molar-refractivity contribution in [1.82, 2.24) is 0 Å². The number of unbranched alkanes of at least 4 members (excludes halogenated alkanes) is 2. The van der Waals surface area contributed by atoms with Gasteiger partial charge in [-0.25, -0.2) is 0 Å². The maximum absolute atomic E-state index is 11.0. The summed E-state index contributed by atoms with van der Waals surface area (Å²) in [5.41, 5.74) is 1.77. The number of thioether (sulfide) groups is 2. The quantitative estimate of drug-likeness (QED) is 0.0467. The van der Waals surface area contributed by atoms with Crippen molar-refractivity contribution in [2.45, 2.75) is 105 Å². The number of rotatable bonds is 26. The molecule has 0 saturated heterocycles. The third kappa shape index (κ3) is 23.9. The lowest BCUT2D eigenvalue weighted by atomic mass is 10.1. The largest absolute Gasteiger partial charge is 0.481 e. The minimum atomic E-state index is -0.718. The van der Waals surface area contributed by atoms with Crippen molar-refractivity contribution in [3.63, 3.8) is 0 Å². The summed E-state index contributed by atoms with van der Waals surface area (Å²) in [5, 5.41) is 20.3. The number of carbonyl (C=O) groups is 2. The second-order valence-electron chi connectivity index (χ2n) is 11.6. The number of benzene rings is 3. The molecule has 0 saturated carbocycles. The van der Waals surface area contributed by atoms with Crippen molar-refractivity contribution in [1.29, 1.82) is 0 Å². The molecular formula is C39H54O4S6. The van der Waals surface area contributed by atoms with Crippen LogP contribution in [0.5, 0.6) is 0 Å². The highest BCUT2D eigenvalue weighted by atomic mass is 33.1. The van der Waals surface area contributed by atoms with Crippen LogP contribution in [0.2, 0.25) is 0 Å². The minimum absolute atomic E-state index is 0.248. The van der Waals surface area contributed by atoms with Crippen LogP contribution in [0.1, 0.15) is 94.6 Å². The van der Waals surface area contributed by atoms with E-state index in [1.807, 2.05) is 91.3 Å². The number of ketones is 1. The van der Waals surface area contributed by atoms with Gasteiger partial charge in [0, 0.05) is 45.5 Å². The van der Waals surface area contributed by atoms with Gasteiger partial charge in [-0.2, -0.15) is 11.8 Å². The van der Waals surface area contributed by atoms with Crippen molar-refractivity contribution in [3.8, 4) is 0 Å². The molecule has 0 fully saturated rings. The SMILES string of the molecule is CCSSCCC(CCCCC(C)=O)SSc1ccccc1.O=C(O)CCCCC(CCSC(O)c1ccccc1)SCc1ccccc1. The summed E-state index contributed by atoms with van der Waals surface area (Å²) < 4.78 is 0. The van der Waals surface area contributed by atoms with E-state index in [1.54, 1.807) is 18.7 Å². The molecule has 0 heterocycles. The molecule has 10 heteroatoms. The molecule has 270 valence electrons. The van der Waals surface area contributed by atoms with Crippen molar-refractivity contribution in [3.05, 3.63) is 102 Å². The maximum atomic E-state index is 11.0. The molecule has 0 aromatic heterocycles. The standard InChI is InChI=1S/C22H28O3S2.C17H26OS4/c23-21(24)14-8-7-13-20(27-17-18-9-3-1-4-10-18)15-16-26-22(25)19-11-5-2-6-12-19;1-3-19-20-14-13-17(12-8-7-9-15(2)18)22-21-16-10-5-4-6-11-16/h1-6,9-12,20,22,25H,7-8,13-17H2,(H,23,24);4-6,10-11,17H,3,7-9,12-14H2,1-2H3. The van der Waals surface area contributed by atoms with Gasteiger partial charge in [0.25, 0.3) is 0 Å². The minimum Gasteiger partial charge on any atom is -0.481 e. The Morgan fingerprint density at radius 1 is 0.673 bits per heavy atom. The zero-order chi connectivity index (χ0) is 35.4. The summed E-state index contributed by atoms with van der Waals surface area (Å²) >= 11 is 3.51. The van der Waals surface area contributed by atoms with Gasteiger partial charge in [-0.05, 0) is 74.5 Å². The number of hydrogen-bond acceptors (Lipinski definition) is 9. The first-order chi connectivity index (χ1) is 23.9. The van der Waals surface area contributed by atoms with E-state index in [0.29, 0.717) is 16.3 Å². The second-order valence-corrected chi connectivity index (χ2v) is 19.5. The summed E-state index contributed by atoms with van der Waals surface area (Å²) in [6.07, 6.45) is 9.37. The van der Waals surface area contributed by atoms with E-state index in [2.05, 4.69) is 61.5 Å². The Morgan fingerprint density at radius 3 is 1.90 bits per heavy atom. The van der Waals surface area contributed by atoms with Crippen LogP contribution in [0.3, 0.4) is 0 Å². The number of aliphatic hydroxyl groups excluding tert-OH is 1. The van der Waals surface area contributed by atoms with Gasteiger partial charge < -0.3 is 15.0 Å². The number of carboxylic acid groups (broad SMARTS) is 1. The maximum Gasteiger partial charge on any atom is 0.303 e. The highest BCUT2D eigenvalue weighted by Gasteiger charge is 2.14. The van der Waals surface area contributed by atoms with Crippen LogP contribution in [0, 0.1) is 0 Å². The number of Topliss-reactive ketones (excluding diaryl/α,β-unsaturated/α-hetero) is 1. The van der Waals surface area contributed by atoms with Gasteiger partial charge in [-0.1, -0.05) is 142 Å². The topological polar surface area (TPSA) is 74.6 Å². The lowest BCUT2D eigenvalue weighted by Crippen LogP contribution is -2.07. The van der Waals surface area contributed by atoms with Crippen LogP contribution in [0.4, 0.5) is 0 Å². The molecule has 0 radical (unpaired) electrons. The predicted molar refractivity (Wildman–Crippen MR) is 224 cm³/mol. The molecule has 0 amide bonds. The molecule has 0 aliphatic carbocycles. The van der Waals surface area contributed by atoms with Gasteiger partial charge in [0.1, 0.15) is 11.2 Å². The first-order valence-corrected chi connectivity index (χ1v) is 24.0. The Balaban J connectivity index is 0.000000348. The van der Waals surface area contributed by atoms with Crippen LogP contribution in [0.25, 0.3) is 0 Å². The Labute approximate surface area is 320 Å². The molecule has 4 nitrogen and oxygen atoms in total. The molecule has 3 rings (SSSR count). The number of carbonyl (C=O) groups excluding carboxylic acids is 1. The van der Waals surface area contributed by atoms with Gasteiger partial charge >= 0.3 is 5.97 Å². The first-order valence-electron chi connectivity index (χ1n) is 17.2. The number of aliphatic hydroxyl groups is 1. The first kappa shape index (κ1) is 44.0. The Hall–Kier alpha value is -1.14. The van der Waals surface area contributed by atoms with Crippen molar-refractivity contribution in [2.24, 2.45) is 0 Å². The van der Waals surface area contributed by atoms with Crippen LogP contribution < -0.4 is 0 Å². The highest BCUT2D eigenvalue weighted by Crippen LogP contribution is 2.39. The zero-order valence-corrected chi connectivity index (χ0v) is 33.9. The summed E-state index contributed by atoms with van der Waals surface area (Å²) in [6.45, 7) is 3.90. The summed E-state index contributed by atoms with van der Waals surface area (Å²) in [5.74, 6) is 3.86. The molecule has 0 spiro atoms. The van der Waals surface area contributed by atoms with Gasteiger partial charge in [-0.3, -0.25) is 4.79 Å². The highest BCUT2D eigenvalue weighted by molar-refractivity contribution is 8.77. The fraction of sp³-hybridized carbons (Fsp3) is 0.487. The Morgan fingerprint density at radius 2 is 1.27 bits per heavy atom. The van der Waals surface area contributed by atoms with Crippen LogP contribution >= 0.6 is 66.7 Å². The molecule has 0 bridgehead atoms. The fourth-order valence-corrected chi connectivity index (χ4v) is 11.7. The molecule has 0 aliphatic heterocycles. The Kier molecular flexibility index (Phi) is 26.4. The molecule has 3 atom stereocenters. The van der Waals surface area contributed by atoms with Crippen LogP contribution in [0.15, 0.2) is 95.9 Å². The van der Waals surface area contributed by atoms with Gasteiger partial charge in [-0.15, -0.1) is 11.8 Å². The van der Waals surface area contributed by atoms with E-state index >= 15 is 0 Å². The molecule has 3 aromatic carbocycles. The second kappa shape index (κ2) is 29.4. The smallest absolute Gasteiger partial charge is 0.303 e.